The number of nitrogen functional groups attached to an aromatic ring is 1. The number of hydrogen-bond donors (Lipinski definition) is 2. The number of anilines is 2. The molecule has 0 radical (unpaired) electrons. The van der Waals surface area contributed by atoms with Gasteiger partial charge in [-0.1, -0.05) is 37.5 Å². The fourth-order valence-corrected chi connectivity index (χ4v) is 4.77. The molecule has 2 fully saturated rings. The minimum absolute atomic E-state index is 0.0141. The predicted molar refractivity (Wildman–Crippen MR) is 118 cm³/mol. The van der Waals surface area contributed by atoms with Crippen molar-refractivity contribution < 1.29 is 0 Å². The SMILES string of the molecule is Nc1c(C2=CCCC=C2)c(=O)n(C2CCC2)c2nc(NC3CCCCC3)ncc12. The van der Waals surface area contributed by atoms with Crippen LogP contribution >= 0.6 is 0 Å². The maximum Gasteiger partial charge on any atom is 0.262 e. The van der Waals surface area contributed by atoms with Gasteiger partial charge in [-0.25, -0.2) is 4.98 Å². The Morgan fingerprint density at radius 1 is 1.07 bits per heavy atom. The molecule has 0 aromatic carbocycles. The fraction of sp³-hybridized carbons (Fsp3) is 0.522. The van der Waals surface area contributed by atoms with Crippen LogP contribution in [0.5, 0.6) is 0 Å². The van der Waals surface area contributed by atoms with Gasteiger partial charge in [-0.15, -0.1) is 0 Å². The van der Waals surface area contributed by atoms with Crippen molar-refractivity contribution in [1.29, 1.82) is 0 Å². The summed E-state index contributed by atoms with van der Waals surface area (Å²) in [4.78, 5) is 22.9. The van der Waals surface area contributed by atoms with Crippen LogP contribution in [-0.4, -0.2) is 20.6 Å². The number of pyridine rings is 1. The van der Waals surface area contributed by atoms with Gasteiger partial charge < -0.3 is 11.1 Å². The molecule has 3 N–H and O–H groups in total. The molecule has 0 saturated heterocycles. The first-order chi connectivity index (χ1) is 14.2. The Kier molecular flexibility index (Phi) is 4.86. The van der Waals surface area contributed by atoms with E-state index in [1.165, 1.54) is 19.3 Å². The zero-order chi connectivity index (χ0) is 19.8. The van der Waals surface area contributed by atoms with Gasteiger partial charge >= 0.3 is 0 Å². The van der Waals surface area contributed by atoms with E-state index in [1.807, 2.05) is 10.6 Å². The van der Waals surface area contributed by atoms with Crippen LogP contribution in [-0.2, 0) is 0 Å². The molecule has 2 heterocycles. The highest BCUT2D eigenvalue weighted by Crippen LogP contribution is 2.36. The molecule has 2 aromatic rings. The molecule has 0 spiro atoms. The van der Waals surface area contributed by atoms with Crippen molar-refractivity contribution in [1.82, 2.24) is 14.5 Å². The molecule has 0 amide bonds. The standard InChI is InChI=1S/C23H29N5O/c24-20-18-14-25-23(26-16-10-5-2-6-11-16)27-21(18)28(17-12-7-13-17)22(29)19(20)15-8-3-1-4-9-15/h3,8-9,14,16-17H,1-2,4-7,10-13,24H2,(H,25,26,27). The Hall–Kier alpha value is -2.63. The summed E-state index contributed by atoms with van der Waals surface area (Å²) >= 11 is 0. The van der Waals surface area contributed by atoms with E-state index in [-0.39, 0.29) is 11.6 Å². The second kappa shape index (κ2) is 7.65. The molecule has 152 valence electrons. The van der Waals surface area contributed by atoms with Gasteiger partial charge in [0, 0.05) is 18.3 Å². The third-order valence-electron chi connectivity index (χ3n) is 6.65. The van der Waals surface area contributed by atoms with Gasteiger partial charge in [-0.2, -0.15) is 4.98 Å². The lowest BCUT2D eigenvalue weighted by atomic mass is 9.91. The lowest BCUT2D eigenvalue weighted by Crippen LogP contribution is -2.33. The zero-order valence-corrected chi connectivity index (χ0v) is 16.9. The third-order valence-corrected chi connectivity index (χ3v) is 6.65. The van der Waals surface area contributed by atoms with Crippen molar-refractivity contribution in [3.63, 3.8) is 0 Å². The lowest BCUT2D eigenvalue weighted by molar-refractivity contribution is 0.313. The van der Waals surface area contributed by atoms with Crippen LogP contribution in [0.15, 0.2) is 29.2 Å². The van der Waals surface area contributed by atoms with Crippen molar-refractivity contribution in [3.05, 3.63) is 40.3 Å². The Labute approximate surface area is 170 Å². The zero-order valence-electron chi connectivity index (χ0n) is 16.9. The first kappa shape index (κ1) is 18.4. The number of hydrogen-bond acceptors (Lipinski definition) is 5. The number of allylic oxidation sites excluding steroid dienone is 4. The Bertz CT molecular complexity index is 1040. The molecule has 0 bridgehead atoms. The summed E-state index contributed by atoms with van der Waals surface area (Å²) in [7, 11) is 0. The summed E-state index contributed by atoms with van der Waals surface area (Å²) in [5, 5.41) is 4.27. The van der Waals surface area contributed by atoms with E-state index >= 15 is 0 Å². The second-order valence-corrected chi connectivity index (χ2v) is 8.60. The van der Waals surface area contributed by atoms with Crippen molar-refractivity contribution >= 4 is 28.2 Å². The van der Waals surface area contributed by atoms with Crippen LogP contribution in [0.4, 0.5) is 11.6 Å². The average molecular weight is 392 g/mol. The Morgan fingerprint density at radius 3 is 2.59 bits per heavy atom. The normalized spacial score (nSPS) is 20.5. The average Bonchev–Trinajstić information content (AvgIpc) is 2.71. The van der Waals surface area contributed by atoms with Gasteiger partial charge in [-0.3, -0.25) is 9.36 Å². The summed E-state index contributed by atoms with van der Waals surface area (Å²) in [6.07, 6.45) is 19.3. The van der Waals surface area contributed by atoms with Crippen LogP contribution in [0.1, 0.15) is 75.8 Å². The van der Waals surface area contributed by atoms with E-state index in [1.54, 1.807) is 6.20 Å². The second-order valence-electron chi connectivity index (χ2n) is 8.60. The maximum atomic E-state index is 13.6. The highest BCUT2D eigenvalue weighted by molar-refractivity contribution is 5.96. The van der Waals surface area contributed by atoms with Gasteiger partial charge in [-0.05, 0) is 50.5 Å². The van der Waals surface area contributed by atoms with E-state index < -0.39 is 0 Å². The number of fused-ring (bicyclic) bond motifs is 1. The largest absolute Gasteiger partial charge is 0.397 e. The summed E-state index contributed by atoms with van der Waals surface area (Å²) in [5.74, 6) is 0.612. The van der Waals surface area contributed by atoms with E-state index in [9.17, 15) is 4.79 Å². The van der Waals surface area contributed by atoms with Crippen molar-refractivity contribution in [2.45, 2.75) is 76.3 Å². The van der Waals surface area contributed by atoms with Crippen LogP contribution in [0, 0.1) is 0 Å². The molecule has 29 heavy (non-hydrogen) atoms. The van der Waals surface area contributed by atoms with Crippen molar-refractivity contribution in [2.24, 2.45) is 0 Å². The predicted octanol–water partition coefficient (Wildman–Crippen LogP) is 4.58. The number of nitrogens with zero attached hydrogens (tertiary/aromatic N) is 3. The molecule has 2 saturated carbocycles. The quantitative estimate of drug-likeness (QED) is 0.797. The van der Waals surface area contributed by atoms with Gasteiger partial charge in [0.15, 0.2) is 5.65 Å². The monoisotopic (exact) mass is 391 g/mol. The number of nitrogens with one attached hydrogen (secondary N) is 1. The molecular weight excluding hydrogens is 362 g/mol. The topological polar surface area (TPSA) is 85.8 Å². The van der Waals surface area contributed by atoms with Crippen LogP contribution < -0.4 is 16.6 Å². The van der Waals surface area contributed by atoms with E-state index in [4.69, 9.17) is 10.7 Å². The number of rotatable bonds is 4. The highest BCUT2D eigenvalue weighted by atomic mass is 16.1. The summed E-state index contributed by atoms with van der Waals surface area (Å²) in [5.41, 5.74) is 9.23. The van der Waals surface area contributed by atoms with Crippen molar-refractivity contribution in [2.75, 3.05) is 11.1 Å². The minimum atomic E-state index is -0.0141. The van der Waals surface area contributed by atoms with Crippen LogP contribution in [0.2, 0.25) is 0 Å². The van der Waals surface area contributed by atoms with Gasteiger partial charge in [0.1, 0.15) is 0 Å². The van der Waals surface area contributed by atoms with Crippen LogP contribution in [0.25, 0.3) is 16.6 Å². The molecule has 3 aliphatic rings. The lowest BCUT2D eigenvalue weighted by Gasteiger charge is -2.30. The molecule has 0 unspecified atom stereocenters. The number of aromatic nitrogens is 3. The smallest absolute Gasteiger partial charge is 0.262 e. The first-order valence-corrected chi connectivity index (χ1v) is 11.1. The van der Waals surface area contributed by atoms with Gasteiger partial charge in [0.2, 0.25) is 5.95 Å². The molecular formula is C23H29N5O. The molecule has 3 aliphatic carbocycles. The van der Waals surface area contributed by atoms with Gasteiger partial charge in [0.05, 0.1) is 16.6 Å². The van der Waals surface area contributed by atoms with Crippen LogP contribution in [0.3, 0.4) is 0 Å². The fourth-order valence-electron chi connectivity index (χ4n) is 4.77. The Balaban J connectivity index is 1.64. The molecule has 0 aliphatic heterocycles. The van der Waals surface area contributed by atoms with E-state index in [2.05, 4.69) is 22.5 Å². The molecule has 6 nitrogen and oxygen atoms in total. The maximum absolute atomic E-state index is 13.6. The summed E-state index contributed by atoms with van der Waals surface area (Å²) in [6, 6.07) is 0.620. The number of nitrogens with two attached hydrogens (primary N) is 1. The molecule has 6 heteroatoms. The van der Waals surface area contributed by atoms with Gasteiger partial charge in [0.25, 0.3) is 5.56 Å². The van der Waals surface area contributed by atoms with E-state index in [0.29, 0.717) is 28.9 Å². The summed E-state index contributed by atoms with van der Waals surface area (Å²) in [6.45, 7) is 0. The molecule has 2 aromatic heterocycles. The minimum Gasteiger partial charge on any atom is -0.397 e. The summed E-state index contributed by atoms with van der Waals surface area (Å²) < 4.78 is 1.89. The third kappa shape index (κ3) is 3.34. The Morgan fingerprint density at radius 2 is 1.90 bits per heavy atom. The molecule has 0 atom stereocenters. The first-order valence-electron chi connectivity index (χ1n) is 11.1. The molecule has 5 rings (SSSR count). The van der Waals surface area contributed by atoms with E-state index in [0.717, 1.165) is 55.9 Å². The highest BCUT2D eigenvalue weighted by Gasteiger charge is 2.27. The van der Waals surface area contributed by atoms with Crippen molar-refractivity contribution in [3.8, 4) is 0 Å².